The lowest BCUT2D eigenvalue weighted by atomic mass is 9.83. The summed E-state index contributed by atoms with van der Waals surface area (Å²) in [6.07, 6.45) is -2.13. The van der Waals surface area contributed by atoms with Crippen LogP contribution >= 0.6 is 0 Å². The number of hydrogen-bond acceptors (Lipinski definition) is 12. The fraction of sp³-hybridized carbons (Fsp3) is 0.765. The molecule has 1 fully saturated rings. The Bertz CT molecular complexity index is 1710. The van der Waals surface area contributed by atoms with E-state index in [2.05, 4.69) is 0 Å². The van der Waals surface area contributed by atoms with Gasteiger partial charge in [0.05, 0.1) is 42.9 Å². The van der Waals surface area contributed by atoms with Crippen LogP contribution in [0, 0.1) is 47.3 Å². The minimum absolute atomic E-state index is 0.0254. The van der Waals surface area contributed by atoms with Gasteiger partial charge in [-0.25, -0.2) is 4.79 Å². The Balaban J connectivity index is 2.29. The number of hydrogen-bond donors (Lipinski definition) is 2. The number of nitrogens with two attached hydrogens (primary N) is 1. The second-order valence-electron chi connectivity index (χ2n) is 20.1. The van der Waals surface area contributed by atoms with Gasteiger partial charge in [-0.1, -0.05) is 120 Å². The Morgan fingerprint density at radius 2 is 1.36 bits per heavy atom. The van der Waals surface area contributed by atoms with Gasteiger partial charge < -0.3 is 44.5 Å². The maximum absolute atomic E-state index is 14.7. The summed E-state index contributed by atoms with van der Waals surface area (Å²) < 4.78 is 23.2. The van der Waals surface area contributed by atoms with Crippen molar-refractivity contribution >= 4 is 35.4 Å². The average molecular weight is 931 g/mol. The molecule has 1 aliphatic rings. The second-order valence-corrected chi connectivity index (χ2v) is 20.1. The molecule has 0 saturated carbocycles. The molecule has 1 aromatic carbocycles. The summed E-state index contributed by atoms with van der Waals surface area (Å²) in [6, 6.07) is 6.51. The summed E-state index contributed by atoms with van der Waals surface area (Å²) in [6.45, 7) is 22.6. The molecular weight excluding hydrogens is 845 g/mol. The molecule has 0 radical (unpaired) electrons. The van der Waals surface area contributed by atoms with Crippen LogP contribution in [0.1, 0.15) is 133 Å². The Hall–Kier alpha value is -3.92. The molecule has 0 bridgehead atoms. The van der Waals surface area contributed by atoms with Gasteiger partial charge in [-0.3, -0.25) is 24.0 Å². The molecule has 1 aliphatic heterocycles. The fourth-order valence-corrected chi connectivity index (χ4v) is 9.23. The van der Waals surface area contributed by atoms with Gasteiger partial charge in [0.25, 0.3) is 6.29 Å². The maximum Gasteiger partial charge on any atom is 0.413 e. The molecule has 2 unspecified atom stereocenters. The van der Waals surface area contributed by atoms with Crippen LogP contribution in [0.2, 0.25) is 0 Å². The molecule has 376 valence electrons. The number of esters is 1. The number of ether oxygens (including phenoxy) is 4. The van der Waals surface area contributed by atoms with Crippen molar-refractivity contribution in [2.24, 2.45) is 53.1 Å². The fourth-order valence-electron chi connectivity index (χ4n) is 9.23. The number of carbonyl (C=O) groups excluding carboxylic acids is 6. The molecule has 3 N–H and O–H groups in total. The van der Waals surface area contributed by atoms with Gasteiger partial charge in [-0.05, 0) is 48.0 Å². The van der Waals surface area contributed by atoms with E-state index >= 15 is 0 Å². The number of nitrogens with zero attached hydrogens (tertiary/aromatic N) is 3. The number of carbonyl (C=O) groups is 6. The number of likely N-dealkylation sites (N-methyl/N-ethyl adjacent to an activating group) is 2. The van der Waals surface area contributed by atoms with Crippen LogP contribution in [-0.2, 0) is 42.9 Å². The van der Waals surface area contributed by atoms with Crippen molar-refractivity contribution in [3.8, 4) is 0 Å². The van der Waals surface area contributed by atoms with Gasteiger partial charge in [-0.2, -0.15) is 0 Å². The van der Waals surface area contributed by atoms with E-state index in [4.69, 9.17) is 24.7 Å². The Labute approximate surface area is 396 Å². The van der Waals surface area contributed by atoms with Crippen molar-refractivity contribution in [3.63, 3.8) is 0 Å². The molecule has 0 aliphatic carbocycles. The average Bonchev–Trinajstić information content (AvgIpc) is 3.76. The van der Waals surface area contributed by atoms with E-state index in [-0.39, 0.29) is 78.3 Å². The number of methoxy groups -OCH3 is 2. The van der Waals surface area contributed by atoms with Gasteiger partial charge in [0.2, 0.25) is 11.8 Å². The van der Waals surface area contributed by atoms with Crippen molar-refractivity contribution in [3.05, 3.63) is 35.9 Å². The van der Waals surface area contributed by atoms with Crippen molar-refractivity contribution in [1.82, 2.24) is 14.7 Å². The van der Waals surface area contributed by atoms with Crippen LogP contribution < -0.4 is 5.73 Å². The van der Waals surface area contributed by atoms with Crippen LogP contribution in [0.15, 0.2) is 30.3 Å². The zero-order valence-electron chi connectivity index (χ0n) is 43.0. The molecule has 0 spiro atoms. The zero-order chi connectivity index (χ0) is 50.3. The number of amides is 3. The Morgan fingerprint density at radius 1 is 0.758 bits per heavy atom. The molecule has 15 heteroatoms. The highest BCUT2D eigenvalue weighted by Gasteiger charge is 2.44. The van der Waals surface area contributed by atoms with E-state index in [9.17, 15) is 33.9 Å². The van der Waals surface area contributed by atoms with Crippen LogP contribution in [0.3, 0.4) is 0 Å². The zero-order valence-corrected chi connectivity index (χ0v) is 43.0. The lowest BCUT2D eigenvalue weighted by Gasteiger charge is -2.41. The van der Waals surface area contributed by atoms with Gasteiger partial charge in [0.1, 0.15) is 11.8 Å². The number of benzene rings is 1. The first-order chi connectivity index (χ1) is 30.9. The third-order valence-electron chi connectivity index (χ3n) is 13.7. The van der Waals surface area contributed by atoms with Crippen molar-refractivity contribution < 1.29 is 52.8 Å². The highest BCUT2D eigenvalue weighted by Crippen LogP contribution is 2.33. The Kier molecular flexibility index (Phi) is 24.0. The van der Waals surface area contributed by atoms with E-state index in [1.54, 1.807) is 51.7 Å². The molecule has 1 aromatic rings. The highest BCUT2D eigenvalue weighted by atomic mass is 16.7. The number of aliphatic hydroxyl groups is 1. The third-order valence-corrected chi connectivity index (χ3v) is 13.7. The molecule has 3 amide bonds. The van der Waals surface area contributed by atoms with Crippen LogP contribution in [-0.4, -0.2) is 133 Å². The number of likely N-dealkylation sites (tertiary alicyclic amines) is 1. The molecule has 1 saturated heterocycles. The van der Waals surface area contributed by atoms with Crippen molar-refractivity contribution in [2.75, 3.05) is 34.9 Å². The normalized spacial score (nSPS) is 19.3. The predicted molar refractivity (Wildman–Crippen MR) is 255 cm³/mol. The standard InChI is InChI=1S/C51H86N4O11/c1-17-33(10)45(41(63-15)28-42(58)55-25-21-24-38(55)47(64-16)35(12)39(56)26-34(11)46(59)36-22-19-18-20-23-36)53(13)48(60)37(29(2)3)27-40(57)44(31(6)7)54(14)51(62)66-50(32(8)9)65-49(61)43(52)30(4)5/h18-20,22-23,29-35,37-38,41,43-47,50,59H,17,21,24-28,52H2,1-16H3/t33-,34-,35-,37-,38-,41+,43-,44-,45?,46+,47+,50?/m0/s1. The number of aliphatic hydroxyl groups excluding tert-OH is 1. The molecule has 66 heavy (non-hydrogen) atoms. The number of rotatable bonds is 27. The molecule has 0 aromatic heterocycles. The van der Waals surface area contributed by atoms with E-state index in [0.29, 0.717) is 19.4 Å². The minimum atomic E-state index is -1.23. The summed E-state index contributed by atoms with van der Waals surface area (Å²) >= 11 is 0. The lowest BCUT2D eigenvalue weighted by molar-refractivity contribution is -0.179. The highest BCUT2D eigenvalue weighted by molar-refractivity contribution is 5.92. The van der Waals surface area contributed by atoms with Crippen molar-refractivity contribution in [2.45, 2.75) is 170 Å². The number of ketones is 2. The van der Waals surface area contributed by atoms with E-state index in [1.807, 2.05) is 85.7 Å². The topological polar surface area (TPSA) is 195 Å². The SMILES string of the molecule is CC[C@H](C)C([C@@H](CC(=O)N1CCC[C@H]1[C@H](OC)[C@@H](C)C(=O)C[C@H](C)[C@@H](O)c1ccccc1)OC)N(C)C(=O)[C@@H](CC(=O)[C@H](C(C)C)N(C)C(=O)OC(OC(=O)[C@@H](N)C(C)C)C(C)C)C(C)C. The van der Waals surface area contributed by atoms with E-state index in [1.165, 1.54) is 19.1 Å². The third kappa shape index (κ3) is 15.6. The van der Waals surface area contributed by atoms with Gasteiger partial charge in [0, 0.05) is 65.5 Å². The van der Waals surface area contributed by atoms with Crippen LogP contribution in [0.5, 0.6) is 0 Å². The summed E-state index contributed by atoms with van der Waals surface area (Å²) in [5.41, 5.74) is 6.73. The van der Waals surface area contributed by atoms with Gasteiger partial charge in [0.15, 0.2) is 5.78 Å². The van der Waals surface area contributed by atoms with Gasteiger partial charge >= 0.3 is 12.1 Å². The van der Waals surface area contributed by atoms with Crippen LogP contribution in [0.4, 0.5) is 4.79 Å². The first-order valence-corrected chi connectivity index (χ1v) is 24.2. The quantitative estimate of drug-likeness (QED) is 0.0674. The summed E-state index contributed by atoms with van der Waals surface area (Å²) in [7, 11) is 6.25. The largest absolute Gasteiger partial charge is 0.424 e. The molecule has 2 rings (SSSR count). The first kappa shape index (κ1) is 58.2. The summed E-state index contributed by atoms with van der Waals surface area (Å²) in [4.78, 5) is 87.9. The first-order valence-electron chi connectivity index (χ1n) is 24.2. The molecule has 15 nitrogen and oxygen atoms in total. The lowest BCUT2D eigenvalue weighted by Crippen LogP contribution is -2.54. The Morgan fingerprint density at radius 3 is 1.86 bits per heavy atom. The van der Waals surface area contributed by atoms with Crippen molar-refractivity contribution in [1.29, 1.82) is 0 Å². The minimum Gasteiger partial charge on any atom is -0.424 e. The molecular formula is C51H86N4O11. The second kappa shape index (κ2) is 27.2. The molecule has 12 atom stereocenters. The summed E-state index contributed by atoms with van der Waals surface area (Å²) in [5, 5.41) is 11.0. The van der Waals surface area contributed by atoms with Crippen LogP contribution in [0.25, 0.3) is 0 Å². The predicted octanol–water partition coefficient (Wildman–Crippen LogP) is 7.07. The monoisotopic (exact) mass is 931 g/mol. The molecule has 1 heterocycles. The van der Waals surface area contributed by atoms with Gasteiger partial charge in [-0.15, -0.1) is 0 Å². The smallest absolute Gasteiger partial charge is 0.413 e. The summed E-state index contributed by atoms with van der Waals surface area (Å²) in [5.74, 6) is -4.49. The van der Waals surface area contributed by atoms with E-state index in [0.717, 1.165) is 12.0 Å². The maximum atomic E-state index is 14.7. The number of Topliss-reactive ketones (excluding diaryl/α,β-unsaturated/α-hetero) is 2. The van der Waals surface area contributed by atoms with E-state index < -0.39 is 72.5 Å².